The van der Waals surface area contributed by atoms with Gasteiger partial charge in [0.05, 0.1) is 13.7 Å². The molecule has 0 aromatic heterocycles. The molecule has 3 rings (SSSR count). The first-order chi connectivity index (χ1) is 14.5. The zero-order valence-corrected chi connectivity index (χ0v) is 18.4. The van der Waals surface area contributed by atoms with Crippen molar-refractivity contribution < 1.29 is 14.4 Å². The molecular weight excluding hydrogens is 396 g/mol. The zero-order chi connectivity index (χ0) is 21.5. The molecule has 0 saturated carbocycles. The molecule has 3 aromatic carbocycles. The van der Waals surface area contributed by atoms with Crippen molar-refractivity contribution in [3.05, 3.63) is 94.5 Å². The fourth-order valence-corrected chi connectivity index (χ4v) is 3.66. The normalized spacial score (nSPS) is 12.8. The number of carbonyl (C=O) groups is 1. The molecule has 4 nitrogen and oxygen atoms in total. The van der Waals surface area contributed by atoms with Crippen LogP contribution in [0.3, 0.4) is 0 Å². The molecule has 0 aliphatic rings. The molecule has 1 amide bonds. The van der Waals surface area contributed by atoms with E-state index in [0.717, 1.165) is 27.3 Å². The summed E-state index contributed by atoms with van der Waals surface area (Å²) in [5.41, 5.74) is 3.79. The quantitative estimate of drug-likeness (QED) is 0.562. The van der Waals surface area contributed by atoms with Crippen LogP contribution >= 0.6 is 11.6 Å². The highest BCUT2D eigenvalue weighted by Crippen LogP contribution is 2.21. The Balaban J connectivity index is 1.81. The van der Waals surface area contributed by atoms with E-state index in [9.17, 15) is 4.79 Å². The number of anilines is 1. The van der Waals surface area contributed by atoms with Gasteiger partial charge in [0.15, 0.2) is 6.04 Å². The van der Waals surface area contributed by atoms with Crippen molar-refractivity contribution in [1.82, 2.24) is 0 Å². The standard InChI is InChI=1S/C25H27ClN2O2/c1-4-30-22-14-11-19(12-15-22)17-28(3)24(20-8-6-5-7-9-20)25(29)27-21-13-10-18(2)23(26)16-21/h5-16,24H,4,17H2,1-3H3,(H,27,29)/p+1/t24-/m0/s1. The molecule has 0 fully saturated rings. The largest absolute Gasteiger partial charge is 0.494 e. The Bertz CT molecular complexity index is 974. The Hall–Kier alpha value is -2.82. The van der Waals surface area contributed by atoms with Crippen LogP contribution in [0.15, 0.2) is 72.8 Å². The third kappa shape index (κ3) is 5.62. The van der Waals surface area contributed by atoms with Gasteiger partial charge in [-0.15, -0.1) is 0 Å². The SMILES string of the molecule is CCOc1ccc(C[NH+](C)[C@H](C(=O)Nc2ccc(C)c(Cl)c2)c2ccccc2)cc1. The summed E-state index contributed by atoms with van der Waals surface area (Å²) in [7, 11) is 2.04. The van der Waals surface area contributed by atoms with Crippen LogP contribution in [-0.4, -0.2) is 19.6 Å². The average molecular weight is 424 g/mol. The minimum Gasteiger partial charge on any atom is -0.494 e. The van der Waals surface area contributed by atoms with Crippen LogP contribution in [0, 0.1) is 6.92 Å². The fraction of sp³-hybridized carbons (Fsp3) is 0.240. The van der Waals surface area contributed by atoms with Crippen molar-refractivity contribution in [2.75, 3.05) is 19.0 Å². The van der Waals surface area contributed by atoms with Crippen molar-refractivity contribution >= 4 is 23.2 Å². The number of halogens is 1. The lowest BCUT2D eigenvalue weighted by molar-refractivity contribution is -0.915. The number of likely N-dealkylation sites (N-methyl/N-ethyl adjacent to an activating group) is 1. The molecule has 0 aliphatic carbocycles. The number of hydrogen-bond donors (Lipinski definition) is 2. The van der Waals surface area contributed by atoms with Gasteiger partial charge in [0, 0.05) is 21.8 Å². The molecule has 2 atom stereocenters. The summed E-state index contributed by atoms with van der Waals surface area (Å²) in [6, 6.07) is 23.1. The molecule has 0 bridgehead atoms. The van der Waals surface area contributed by atoms with Gasteiger partial charge < -0.3 is 15.0 Å². The number of quaternary nitrogens is 1. The smallest absolute Gasteiger partial charge is 0.287 e. The summed E-state index contributed by atoms with van der Waals surface area (Å²) in [4.78, 5) is 14.4. The van der Waals surface area contributed by atoms with E-state index in [4.69, 9.17) is 16.3 Å². The van der Waals surface area contributed by atoms with Crippen molar-refractivity contribution in [3.8, 4) is 5.75 Å². The van der Waals surface area contributed by atoms with E-state index in [1.165, 1.54) is 0 Å². The van der Waals surface area contributed by atoms with E-state index in [0.29, 0.717) is 23.9 Å². The average Bonchev–Trinajstić information content (AvgIpc) is 2.73. The predicted molar refractivity (Wildman–Crippen MR) is 122 cm³/mol. The Morgan fingerprint density at radius 3 is 2.40 bits per heavy atom. The van der Waals surface area contributed by atoms with Gasteiger partial charge >= 0.3 is 0 Å². The third-order valence-electron chi connectivity index (χ3n) is 5.04. The number of rotatable bonds is 8. The molecule has 0 saturated heterocycles. The van der Waals surface area contributed by atoms with Gasteiger partial charge in [0.25, 0.3) is 5.91 Å². The zero-order valence-electron chi connectivity index (χ0n) is 17.6. The lowest BCUT2D eigenvalue weighted by Crippen LogP contribution is -3.09. The number of carbonyl (C=O) groups excluding carboxylic acids is 1. The van der Waals surface area contributed by atoms with E-state index >= 15 is 0 Å². The predicted octanol–water partition coefficient (Wildman–Crippen LogP) is 4.44. The first-order valence-electron chi connectivity index (χ1n) is 10.1. The summed E-state index contributed by atoms with van der Waals surface area (Å²) < 4.78 is 5.52. The van der Waals surface area contributed by atoms with E-state index in [2.05, 4.69) is 5.32 Å². The molecule has 0 aliphatic heterocycles. The van der Waals surface area contributed by atoms with Crippen LogP contribution in [0.5, 0.6) is 5.75 Å². The maximum Gasteiger partial charge on any atom is 0.287 e. The summed E-state index contributed by atoms with van der Waals surface area (Å²) >= 11 is 6.23. The highest BCUT2D eigenvalue weighted by molar-refractivity contribution is 6.31. The molecule has 1 unspecified atom stereocenters. The van der Waals surface area contributed by atoms with Gasteiger partial charge in [-0.3, -0.25) is 4.79 Å². The minimum atomic E-state index is -0.363. The van der Waals surface area contributed by atoms with Crippen LogP contribution in [0.1, 0.15) is 29.7 Å². The van der Waals surface area contributed by atoms with E-state index < -0.39 is 0 Å². The van der Waals surface area contributed by atoms with E-state index in [1.807, 2.05) is 87.6 Å². The maximum atomic E-state index is 13.3. The molecule has 0 radical (unpaired) electrons. The van der Waals surface area contributed by atoms with Gasteiger partial charge in [-0.1, -0.05) is 48.0 Å². The molecule has 3 aromatic rings. The van der Waals surface area contributed by atoms with Gasteiger partial charge in [0.1, 0.15) is 12.3 Å². The van der Waals surface area contributed by atoms with Crippen LogP contribution in [0.4, 0.5) is 5.69 Å². The molecule has 5 heteroatoms. The second kappa shape index (κ2) is 10.3. The van der Waals surface area contributed by atoms with Gasteiger partial charge in [-0.05, 0) is 55.8 Å². The van der Waals surface area contributed by atoms with Crippen molar-refractivity contribution in [2.24, 2.45) is 0 Å². The lowest BCUT2D eigenvalue weighted by Gasteiger charge is -2.25. The van der Waals surface area contributed by atoms with Crippen LogP contribution in [-0.2, 0) is 11.3 Å². The lowest BCUT2D eigenvalue weighted by atomic mass is 10.0. The third-order valence-corrected chi connectivity index (χ3v) is 5.45. The fourth-order valence-electron chi connectivity index (χ4n) is 3.48. The van der Waals surface area contributed by atoms with Gasteiger partial charge in [0.2, 0.25) is 0 Å². The van der Waals surface area contributed by atoms with E-state index in [1.54, 1.807) is 6.07 Å². The molecule has 0 spiro atoms. The summed E-state index contributed by atoms with van der Waals surface area (Å²) in [5, 5.41) is 3.67. The highest BCUT2D eigenvalue weighted by Gasteiger charge is 2.29. The number of aryl methyl sites for hydroxylation is 1. The first-order valence-corrected chi connectivity index (χ1v) is 10.5. The first kappa shape index (κ1) is 21.9. The minimum absolute atomic E-state index is 0.0652. The Morgan fingerprint density at radius 2 is 1.77 bits per heavy atom. The Morgan fingerprint density at radius 1 is 1.07 bits per heavy atom. The van der Waals surface area contributed by atoms with Crippen LogP contribution in [0.25, 0.3) is 0 Å². The molecule has 156 valence electrons. The van der Waals surface area contributed by atoms with E-state index in [-0.39, 0.29) is 11.9 Å². The topological polar surface area (TPSA) is 42.8 Å². The summed E-state index contributed by atoms with van der Waals surface area (Å²) in [5.74, 6) is 0.789. The van der Waals surface area contributed by atoms with Gasteiger partial charge in [-0.2, -0.15) is 0 Å². The number of benzene rings is 3. The molecule has 2 N–H and O–H groups in total. The summed E-state index contributed by atoms with van der Waals surface area (Å²) in [6.45, 7) is 5.25. The molecular formula is C25H28ClN2O2+. The Kier molecular flexibility index (Phi) is 7.50. The van der Waals surface area contributed by atoms with Gasteiger partial charge in [-0.25, -0.2) is 0 Å². The maximum absolute atomic E-state index is 13.3. The number of amides is 1. The van der Waals surface area contributed by atoms with Crippen LogP contribution in [0.2, 0.25) is 5.02 Å². The second-order valence-electron chi connectivity index (χ2n) is 7.40. The molecule has 30 heavy (non-hydrogen) atoms. The molecule has 0 heterocycles. The monoisotopic (exact) mass is 423 g/mol. The van der Waals surface area contributed by atoms with Crippen molar-refractivity contribution in [3.63, 3.8) is 0 Å². The van der Waals surface area contributed by atoms with Crippen LogP contribution < -0.4 is 15.0 Å². The number of nitrogens with one attached hydrogen (secondary N) is 2. The van der Waals surface area contributed by atoms with Crippen molar-refractivity contribution in [2.45, 2.75) is 26.4 Å². The van der Waals surface area contributed by atoms with Crippen molar-refractivity contribution in [1.29, 1.82) is 0 Å². The number of ether oxygens (including phenoxy) is 1. The highest BCUT2D eigenvalue weighted by atomic mass is 35.5. The Labute approximate surface area is 183 Å². The second-order valence-corrected chi connectivity index (χ2v) is 7.80. The summed E-state index contributed by atoms with van der Waals surface area (Å²) in [6.07, 6.45) is 0. The number of hydrogen-bond acceptors (Lipinski definition) is 2.